The minimum absolute atomic E-state index is 0.107. The molecule has 5 heteroatoms. The first-order chi connectivity index (χ1) is 8.24. The van der Waals surface area contributed by atoms with Gasteiger partial charge in [-0.1, -0.05) is 6.92 Å². The third-order valence-corrected chi connectivity index (χ3v) is 3.35. The van der Waals surface area contributed by atoms with Gasteiger partial charge in [0.15, 0.2) is 4.67 Å². The van der Waals surface area contributed by atoms with Gasteiger partial charge in [0.05, 0.1) is 18.0 Å². The van der Waals surface area contributed by atoms with Crippen molar-refractivity contribution in [2.24, 2.45) is 7.05 Å². The van der Waals surface area contributed by atoms with Crippen molar-refractivity contribution in [1.82, 2.24) is 15.1 Å². The molecule has 4 nitrogen and oxygen atoms in total. The predicted molar refractivity (Wildman–Crippen MR) is 69.8 cm³/mol. The molecule has 0 bridgehead atoms. The van der Waals surface area contributed by atoms with Crippen LogP contribution >= 0.6 is 15.9 Å². The lowest BCUT2D eigenvalue weighted by atomic mass is 10.1. The van der Waals surface area contributed by atoms with Gasteiger partial charge in [0.2, 0.25) is 0 Å². The number of furan rings is 1. The normalized spacial score (nSPS) is 12.9. The number of rotatable bonds is 5. The first kappa shape index (κ1) is 12.4. The van der Waals surface area contributed by atoms with E-state index in [0.717, 1.165) is 28.9 Å². The molecule has 92 valence electrons. The molecule has 2 aromatic rings. The summed E-state index contributed by atoms with van der Waals surface area (Å²) in [5.74, 6) is 0. The fourth-order valence-corrected chi connectivity index (χ4v) is 2.31. The molecule has 1 N–H and O–H groups in total. The number of halogens is 1. The zero-order valence-corrected chi connectivity index (χ0v) is 11.6. The fraction of sp³-hybridized carbons (Fsp3) is 0.417. The number of aromatic nitrogens is 2. The Morgan fingerprint density at radius 3 is 2.88 bits per heavy atom. The van der Waals surface area contributed by atoms with Gasteiger partial charge < -0.3 is 9.73 Å². The molecule has 0 saturated heterocycles. The van der Waals surface area contributed by atoms with Crippen LogP contribution in [0.2, 0.25) is 0 Å². The van der Waals surface area contributed by atoms with E-state index < -0.39 is 0 Å². The Morgan fingerprint density at radius 2 is 2.35 bits per heavy atom. The van der Waals surface area contributed by atoms with Crippen molar-refractivity contribution < 1.29 is 4.42 Å². The van der Waals surface area contributed by atoms with Gasteiger partial charge >= 0.3 is 0 Å². The maximum Gasteiger partial charge on any atom is 0.174 e. The van der Waals surface area contributed by atoms with Crippen LogP contribution in [0.15, 0.2) is 33.7 Å². The fourth-order valence-electron chi connectivity index (χ4n) is 1.84. The summed E-state index contributed by atoms with van der Waals surface area (Å²) in [7, 11) is 1.95. The molecular weight excluding hydrogens is 282 g/mol. The third-order valence-electron chi connectivity index (χ3n) is 2.71. The molecule has 0 aliphatic carbocycles. The van der Waals surface area contributed by atoms with Gasteiger partial charge in [0.1, 0.15) is 0 Å². The largest absolute Gasteiger partial charge is 0.457 e. The van der Waals surface area contributed by atoms with Gasteiger partial charge in [0.25, 0.3) is 0 Å². The Bertz CT molecular complexity index is 437. The van der Waals surface area contributed by atoms with E-state index in [1.807, 2.05) is 30.1 Å². The van der Waals surface area contributed by atoms with Crippen LogP contribution in [0.5, 0.6) is 0 Å². The minimum Gasteiger partial charge on any atom is -0.457 e. The summed E-state index contributed by atoms with van der Waals surface area (Å²) in [6, 6.07) is 4.10. The van der Waals surface area contributed by atoms with Crippen LogP contribution < -0.4 is 5.32 Å². The van der Waals surface area contributed by atoms with Crippen molar-refractivity contribution in [1.29, 1.82) is 0 Å². The van der Waals surface area contributed by atoms with Crippen LogP contribution in [0.25, 0.3) is 0 Å². The van der Waals surface area contributed by atoms with Gasteiger partial charge in [-0.3, -0.25) is 4.68 Å². The van der Waals surface area contributed by atoms with Crippen LogP contribution in [-0.2, 0) is 7.05 Å². The highest BCUT2D eigenvalue weighted by Gasteiger charge is 2.20. The van der Waals surface area contributed by atoms with Crippen LogP contribution in [-0.4, -0.2) is 16.3 Å². The van der Waals surface area contributed by atoms with E-state index in [4.69, 9.17) is 4.42 Å². The molecule has 2 rings (SSSR count). The van der Waals surface area contributed by atoms with Crippen LogP contribution in [0.4, 0.5) is 0 Å². The van der Waals surface area contributed by atoms with E-state index in [-0.39, 0.29) is 6.04 Å². The number of hydrogen-bond donors (Lipinski definition) is 1. The molecule has 0 fully saturated rings. The summed E-state index contributed by atoms with van der Waals surface area (Å²) in [6.45, 7) is 3.10. The van der Waals surface area contributed by atoms with E-state index in [9.17, 15) is 0 Å². The monoisotopic (exact) mass is 297 g/mol. The second-order valence-electron chi connectivity index (χ2n) is 3.92. The molecule has 0 aliphatic rings. The average molecular weight is 298 g/mol. The van der Waals surface area contributed by atoms with Gasteiger partial charge in [-0.05, 0) is 41.0 Å². The Hall–Kier alpha value is -1.07. The van der Waals surface area contributed by atoms with Crippen LogP contribution in [0, 0.1) is 0 Å². The maximum absolute atomic E-state index is 5.31. The van der Waals surface area contributed by atoms with Gasteiger partial charge in [-0.2, -0.15) is 5.10 Å². The van der Waals surface area contributed by atoms with Crippen molar-refractivity contribution >= 4 is 15.9 Å². The standard InChI is InChI=1S/C12H16BrN3O/c1-3-6-14-11(9-5-8-17-12(9)13)10-4-7-15-16(10)2/h4-5,7-8,11,14H,3,6H2,1-2H3. The molecule has 1 atom stereocenters. The minimum atomic E-state index is 0.107. The van der Waals surface area contributed by atoms with Crippen molar-refractivity contribution in [3.05, 3.63) is 40.5 Å². The lowest BCUT2D eigenvalue weighted by molar-refractivity contribution is 0.513. The maximum atomic E-state index is 5.31. The summed E-state index contributed by atoms with van der Waals surface area (Å²) in [4.78, 5) is 0. The molecule has 17 heavy (non-hydrogen) atoms. The average Bonchev–Trinajstić information content (AvgIpc) is 2.90. The highest BCUT2D eigenvalue weighted by Crippen LogP contribution is 2.29. The number of hydrogen-bond acceptors (Lipinski definition) is 3. The predicted octanol–water partition coefficient (Wildman–Crippen LogP) is 2.86. The van der Waals surface area contributed by atoms with Crippen LogP contribution in [0.3, 0.4) is 0 Å². The highest BCUT2D eigenvalue weighted by atomic mass is 79.9. The molecule has 0 saturated carbocycles. The molecule has 2 aromatic heterocycles. The molecule has 0 aromatic carbocycles. The zero-order chi connectivity index (χ0) is 12.3. The van der Waals surface area contributed by atoms with Crippen molar-refractivity contribution in [3.8, 4) is 0 Å². The summed E-state index contributed by atoms with van der Waals surface area (Å²) in [6.07, 6.45) is 4.59. The Morgan fingerprint density at radius 1 is 1.53 bits per heavy atom. The van der Waals surface area contributed by atoms with E-state index in [2.05, 4.69) is 33.3 Å². The van der Waals surface area contributed by atoms with Crippen molar-refractivity contribution in [2.75, 3.05) is 6.54 Å². The SMILES string of the molecule is CCCNC(c1ccoc1Br)c1ccnn1C. The van der Waals surface area contributed by atoms with Gasteiger partial charge in [-0.25, -0.2) is 0 Å². The summed E-state index contributed by atoms with van der Waals surface area (Å²) in [5.41, 5.74) is 2.22. The lowest BCUT2D eigenvalue weighted by Crippen LogP contribution is -2.25. The molecule has 0 spiro atoms. The molecule has 0 radical (unpaired) electrons. The zero-order valence-electron chi connectivity index (χ0n) is 9.98. The van der Waals surface area contributed by atoms with Gasteiger partial charge in [-0.15, -0.1) is 0 Å². The van der Waals surface area contributed by atoms with E-state index in [1.165, 1.54) is 0 Å². The van der Waals surface area contributed by atoms with Gasteiger partial charge in [0, 0.05) is 18.8 Å². The van der Waals surface area contributed by atoms with Crippen LogP contribution in [0.1, 0.15) is 30.6 Å². The molecular formula is C12H16BrN3O. The molecule has 0 amide bonds. The van der Waals surface area contributed by atoms with E-state index in [1.54, 1.807) is 6.26 Å². The topological polar surface area (TPSA) is 43.0 Å². The number of aryl methyl sites for hydroxylation is 1. The molecule has 1 unspecified atom stereocenters. The highest BCUT2D eigenvalue weighted by molar-refractivity contribution is 9.10. The summed E-state index contributed by atoms with van der Waals surface area (Å²) >= 11 is 3.43. The van der Waals surface area contributed by atoms with E-state index >= 15 is 0 Å². The second-order valence-corrected chi connectivity index (χ2v) is 4.64. The number of nitrogens with zero attached hydrogens (tertiary/aromatic N) is 2. The van der Waals surface area contributed by atoms with Crippen molar-refractivity contribution in [2.45, 2.75) is 19.4 Å². The molecule has 2 heterocycles. The van der Waals surface area contributed by atoms with Crippen molar-refractivity contribution in [3.63, 3.8) is 0 Å². The Kier molecular flexibility index (Phi) is 4.02. The quantitative estimate of drug-likeness (QED) is 0.923. The Balaban J connectivity index is 2.32. The summed E-state index contributed by atoms with van der Waals surface area (Å²) in [5, 5.41) is 7.72. The molecule has 0 aliphatic heterocycles. The number of nitrogens with one attached hydrogen (secondary N) is 1. The second kappa shape index (κ2) is 5.51. The first-order valence-corrected chi connectivity index (χ1v) is 6.47. The van der Waals surface area contributed by atoms with E-state index in [0.29, 0.717) is 0 Å². The summed E-state index contributed by atoms with van der Waals surface area (Å²) < 4.78 is 7.96. The Labute approximate surface area is 109 Å². The third kappa shape index (κ3) is 2.61. The smallest absolute Gasteiger partial charge is 0.174 e. The first-order valence-electron chi connectivity index (χ1n) is 5.68. The lowest BCUT2D eigenvalue weighted by Gasteiger charge is -2.18.